The van der Waals surface area contributed by atoms with Crippen LogP contribution in [0.15, 0.2) is 40.9 Å². The van der Waals surface area contributed by atoms with Gasteiger partial charge in [0.15, 0.2) is 5.76 Å². The average molecular weight is 500 g/mol. The lowest BCUT2D eigenvalue weighted by Crippen LogP contribution is -2.34. The molecule has 0 atom stereocenters. The summed E-state index contributed by atoms with van der Waals surface area (Å²) in [5, 5.41) is 27.6. The van der Waals surface area contributed by atoms with E-state index in [1.807, 2.05) is 0 Å². The van der Waals surface area contributed by atoms with Gasteiger partial charge in [-0.15, -0.1) is 0 Å². The van der Waals surface area contributed by atoms with Crippen molar-refractivity contribution < 1.29 is 42.2 Å². The molecule has 0 unspecified atom stereocenters. The molecule has 1 heterocycles. The molecule has 0 fully saturated rings. The second-order valence-electron chi connectivity index (χ2n) is 6.91. The van der Waals surface area contributed by atoms with E-state index in [1.165, 1.54) is 31.4 Å². The number of nitrogens with zero attached hydrogens (tertiary/aromatic N) is 1. The SMILES string of the molecule is COc1ccc(C(=O)Nc2c(CC(=O)NCC(F)(F)F)noc2-c2cc(Cl)c(O)cc2O)cc1. The fraction of sp³-hybridized carbons (Fsp3) is 0.190. The standard InChI is InChI=1S/C21H17ClF3N3O6/c1-33-11-4-2-10(3-5-11)20(32)27-18-14(7-17(31)26-9-21(23,24)25)28-34-19(18)12-6-13(22)16(30)8-15(12)29/h2-6,8,29-30H,7,9H2,1H3,(H,26,31)(H,27,32). The van der Waals surface area contributed by atoms with Crippen molar-refractivity contribution >= 4 is 29.1 Å². The van der Waals surface area contributed by atoms with Crippen LogP contribution >= 0.6 is 11.6 Å². The van der Waals surface area contributed by atoms with E-state index in [4.69, 9.17) is 20.9 Å². The number of hydrogen-bond donors (Lipinski definition) is 4. The Morgan fingerprint density at radius 1 is 1.15 bits per heavy atom. The largest absolute Gasteiger partial charge is 0.507 e. The van der Waals surface area contributed by atoms with Crippen LogP contribution in [-0.2, 0) is 11.2 Å². The van der Waals surface area contributed by atoms with Gasteiger partial charge in [0.1, 0.15) is 35.2 Å². The summed E-state index contributed by atoms with van der Waals surface area (Å²) in [6.45, 7) is -1.56. The van der Waals surface area contributed by atoms with Crippen LogP contribution in [0.25, 0.3) is 11.3 Å². The van der Waals surface area contributed by atoms with Gasteiger partial charge < -0.3 is 30.1 Å². The fourth-order valence-corrected chi connectivity index (χ4v) is 2.99. The van der Waals surface area contributed by atoms with Gasteiger partial charge in [-0.25, -0.2) is 0 Å². The summed E-state index contributed by atoms with van der Waals surface area (Å²) in [5.74, 6) is -2.38. The second-order valence-corrected chi connectivity index (χ2v) is 7.31. The van der Waals surface area contributed by atoms with Crippen molar-refractivity contribution in [3.05, 3.63) is 52.7 Å². The van der Waals surface area contributed by atoms with Gasteiger partial charge >= 0.3 is 6.18 Å². The third-order valence-corrected chi connectivity index (χ3v) is 4.78. The minimum atomic E-state index is -4.62. The van der Waals surface area contributed by atoms with E-state index in [0.717, 1.165) is 12.1 Å². The number of benzene rings is 2. The molecule has 0 spiro atoms. The lowest BCUT2D eigenvalue weighted by Gasteiger charge is -2.10. The van der Waals surface area contributed by atoms with Crippen molar-refractivity contribution in [3.8, 4) is 28.6 Å². The van der Waals surface area contributed by atoms with Gasteiger partial charge in [0.2, 0.25) is 5.91 Å². The Hall–Kier alpha value is -3.93. The van der Waals surface area contributed by atoms with Crippen molar-refractivity contribution in [2.45, 2.75) is 12.6 Å². The summed E-state index contributed by atoms with van der Waals surface area (Å²) in [5.41, 5.74) is -0.309. The molecule has 4 N–H and O–H groups in total. The average Bonchev–Trinajstić information content (AvgIpc) is 3.16. The molecule has 180 valence electrons. The number of halogens is 4. The number of phenols is 2. The Labute approximate surface area is 195 Å². The van der Waals surface area contributed by atoms with Crippen LogP contribution < -0.4 is 15.4 Å². The summed E-state index contributed by atoms with van der Waals surface area (Å²) in [6.07, 6.45) is -5.30. The molecule has 9 nitrogen and oxygen atoms in total. The number of aromatic nitrogens is 1. The zero-order valence-corrected chi connectivity index (χ0v) is 18.1. The monoisotopic (exact) mass is 499 g/mol. The zero-order valence-electron chi connectivity index (χ0n) is 17.4. The van der Waals surface area contributed by atoms with Crippen molar-refractivity contribution in [2.75, 3.05) is 19.0 Å². The van der Waals surface area contributed by atoms with E-state index >= 15 is 0 Å². The maximum Gasteiger partial charge on any atom is 0.405 e. The first-order valence-electron chi connectivity index (χ1n) is 9.47. The van der Waals surface area contributed by atoms with Crippen molar-refractivity contribution in [3.63, 3.8) is 0 Å². The number of carbonyl (C=O) groups excluding carboxylic acids is 2. The van der Waals surface area contributed by atoms with E-state index in [0.29, 0.717) is 5.75 Å². The number of phenolic OH excluding ortho intramolecular Hbond substituents is 2. The number of aromatic hydroxyl groups is 2. The summed E-state index contributed by atoms with van der Waals surface area (Å²) >= 11 is 5.90. The predicted molar refractivity (Wildman–Crippen MR) is 114 cm³/mol. The molecule has 1 aromatic heterocycles. The van der Waals surface area contributed by atoms with Crippen LogP contribution in [0.2, 0.25) is 5.02 Å². The summed E-state index contributed by atoms with van der Waals surface area (Å²) < 4.78 is 47.5. The highest BCUT2D eigenvalue weighted by Crippen LogP contribution is 2.41. The third kappa shape index (κ3) is 5.90. The Balaban J connectivity index is 1.97. The third-order valence-electron chi connectivity index (χ3n) is 4.48. The molecule has 0 saturated heterocycles. The number of hydrogen-bond acceptors (Lipinski definition) is 7. The maximum atomic E-state index is 12.8. The van der Waals surface area contributed by atoms with Crippen LogP contribution in [0.4, 0.5) is 18.9 Å². The summed E-state index contributed by atoms with van der Waals surface area (Å²) in [6, 6.07) is 8.01. The number of nitrogens with one attached hydrogen (secondary N) is 2. The van der Waals surface area contributed by atoms with Gasteiger partial charge in [-0.05, 0) is 30.3 Å². The van der Waals surface area contributed by atoms with E-state index in [9.17, 15) is 33.0 Å². The minimum Gasteiger partial charge on any atom is -0.507 e. The molecule has 2 aromatic carbocycles. The first-order valence-corrected chi connectivity index (χ1v) is 9.85. The Morgan fingerprint density at radius 3 is 2.44 bits per heavy atom. The fourth-order valence-electron chi connectivity index (χ4n) is 2.83. The van der Waals surface area contributed by atoms with Crippen LogP contribution in [0, 0.1) is 0 Å². The Kier molecular flexibility index (Phi) is 7.20. The molecular weight excluding hydrogens is 483 g/mol. The molecule has 0 saturated carbocycles. The molecule has 0 radical (unpaired) electrons. The van der Waals surface area contributed by atoms with Crippen LogP contribution in [-0.4, -0.2) is 47.0 Å². The normalized spacial score (nSPS) is 11.2. The molecule has 0 bridgehead atoms. The van der Waals surface area contributed by atoms with E-state index < -0.39 is 42.5 Å². The quantitative estimate of drug-likeness (QED) is 0.387. The smallest absolute Gasteiger partial charge is 0.405 e. The van der Waals surface area contributed by atoms with Gasteiger partial charge in [0, 0.05) is 11.6 Å². The first-order chi connectivity index (χ1) is 16.0. The second kappa shape index (κ2) is 9.91. The lowest BCUT2D eigenvalue weighted by atomic mass is 10.1. The molecular formula is C21H17ClF3N3O6. The van der Waals surface area contributed by atoms with Gasteiger partial charge in [-0.2, -0.15) is 13.2 Å². The van der Waals surface area contributed by atoms with E-state index in [-0.39, 0.29) is 33.3 Å². The number of rotatable bonds is 7. The lowest BCUT2D eigenvalue weighted by molar-refractivity contribution is -0.138. The zero-order chi connectivity index (χ0) is 25.0. The first kappa shape index (κ1) is 24.7. The van der Waals surface area contributed by atoms with E-state index in [1.54, 1.807) is 5.32 Å². The molecule has 13 heteroatoms. The summed E-state index contributed by atoms with van der Waals surface area (Å²) in [7, 11) is 1.45. The van der Waals surface area contributed by atoms with Crippen LogP contribution in [0.1, 0.15) is 16.1 Å². The highest BCUT2D eigenvalue weighted by Gasteiger charge is 2.29. The maximum absolute atomic E-state index is 12.8. The predicted octanol–water partition coefficient (Wildman–Crippen LogP) is 3.89. The van der Waals surface area contributed by atoms with E-state index in [2.05, 4.69) is 10.5 Å². The highest BCUT2D eigenvalue weighted by atomic mass is 35.5. The Bertz CT molecular complexity index is 1210. The van der Waals surface area contributed by atoms with Crippen LogP contribution in [0.3, 0.4) is 0 Å². The molecule has 3 rings (SSSR count). The molecule has 2 amide bonds. The number of alkyl halides is 3. The minimum absolute atomic E-state index is 0.0951. The van der Waals surface area contributed by atoms with Crippen LogP contribution in [0.5, 0.6) is 17.2 Å². The molecule has 3 aromatic rings. The van der Waals surface area contributed by atoms with Gasteiger partial charge in [0.05, 0.1) is 24.1 Å². The van der Waals surface area contributed by atoms with Crippen molar-refractivity contribution in [1.29, 1.82) is 0 Å². The number of anilines is 1. The van der Waals surface area contributed by atoms with Crippen molar-refractivity contribution in [1.82, 2.24) is 10.5 Å². The van der Waals surface area contributed by atoms with Gasteiger partial charge in [-0.1, -0.05) is 16.8 Å². The summed E-state index contributed by atoms with van der Waals surface area (Å²) in [4.78, 5) is 24.8. The number of ether oxygens (including phenoxy) is 1. The number of carbonyl (C=O) groups is 2. The van der Waals surface area contributed by atoms with Gasteiger partial charge in [0.25, 0.3) is 5.91 Å². The topological polar surface area (TPSA) is 134 Å². The van der Waals surface area contributed by atoms with Crippen molar-refractivity contribution in [2.24, 2.45) is 0 Å². The highest BCUT2D eigenvalue weighted by molar-refractivity contribution is 6.32. The number of amides is 2. The molecule has 34 heavy (non-hydrogen) atoms. The molecule has 0 aliphatic carbocycles. The molecule has 0 aliphatic rings. The number of methoxy groups -OCH3 is 1. The molecule has 0 aliphatic heterocycles. The Morgan fingerprint density at radius 2 is 1.82 bits per heavy atom. The van der Waals surface area contributed by atoms with Gasteiger partial charge in [-0.3, -0.25) is 9.59 Å².